The molecule has 154 valence electrons. The molecule has 3 rings (SSSR count). The Morgan fingerprint density at radius 1 is 1.03 bits per heavy atom. The molecular weight excluding hydrogens is 392 g/mol. The van der Waals surface area contributed by atoms with Gasteiger partial charge in [0, 0.05) is 23.6 Å². The maximum absolute atomic E-state index is 12.4. The number of nitrogens with one attached hydrogen (secondary N) is 2. The van der Waals surface area contributed by atoms with Crippen LogP contribution in [0.5, 0.6) is 11.5 Å². The first-order valence-electron chi connectivity index (χ1n) is 9.66. The molecule has 0 saturated heterocycles. The number of benzene rings is 2. The number of carbonyl (C=O) groups is 2. The van der Waals surface area contributed by atoms with Gasteiger partial charge >= 0.3 is 0 Å². The first-order chi connectivity index (χ1) is 13.9. The lowest BCUT2D eigenvalue weighted by atomic mass is 9.95. The third kappa shape index (κ3) is 5.64. The predicted molar refractivity (Wildman–Crippen MR) is 112 cm³/mol. The van der Waals surface area contributed by atoms with E-state index in [4.69, 9.17) is 21.1 Å². The number of amides is 2. The number of rotatable bonds is 7. The Labute approximate surface area is 175 Å². The largest absolute Gasteiger partial charge is 0.486 e. The molecule has 2 aromatic carbocycles. The average Bonchev–Trinajstić information content (AvgIpc) is 2.72. The highest BCUT2D eigenvalue weighted by atomic mass is 35.5. The molecule has 6 nitrogen and oxygen atoms in total. The van der Waals surface area contributed by atoms with Crippen molar-refractivity contribution in [2.75, 3.05) is 19.8 Å². The molecular formula is C22H25ClN2O4. The van der Waals surface area contributed by atoms with Gasteiger partial charge in [0.1, 0.15) is 13.2 Å². The third-order valence-corrected chi connectivity index (χ3v) is 4.90. The van der Waals surface area contributed by atoms with Gasteiger partial charge in [-0.25, -0.2) is 0 Å². The average molecular weight is 417 g/mol. The van der Waals surface area contributed by atoms with Crippen LogP contribution in [0.2, 0.25) is 5.02 Å². The van der Waals surface area contributed by atoms with Crippen molar-refractivity contribution in [1.82, 2.24) is 10.6 Å². The van der Waals surface area contributed by atoms with Crippen molar-refractivity contribution in [2.45, 2.75) is 26.3 Å². The highest BCUT2D eigenvalue weighted by Gasteiger charge is 2.21. The molecule has 0 unspecified atom stereocenters. The lowest BCUT2D eigenvalue weighted by Gasteiger charge is -2.25. The Hall–Kier alpha value is -2.73. The van der Waals surface area contributed by atoms with E-state index in [-0.39, 0.29) is 36.7 Å². The van der Waals surface area contributed by atoms with Crippen molar-refractivity contribution in [1.29, 1.82) is 0 Å². The minimum absolute atomic E-state index is 0.130. The predicted octanol–water partition coefficient (Wildman–Crippen LogP) is 3.74. The molecule has 0 spiro atoms. The molecule has 0 aromatic heterocycles. The molecule has 1 atom stereocenters. The van der Waals surface area contributed by atoms with Gasteiger partial charge in [-0.3, -0.25) is 9.59 Å². The Balaban J connectivity index is 1.54. The van der Waals surface area contributed by atoms with E-state index < -0.39 is 0 Å². The second-order valence-electron chi connectivity index (χ2n) is 7.21. The molecule has 2 amide bonds. The summed E-state index contributed by atoms with van der Waals surface area (Å²) in [5.41, 5.74) is 1.47. The second-order valence-corrected chi connectivity index (χ2v) is 7.64. The van der Waals surface area contributed by atoms with Crippen LogP contribution in [-0.4, -0.2) is 31.6 Å². The Morgan fingerprint density at radius 2 is 1.72 bits per heavy atom. The SMILES string of the molecule is CC(C)[C@H](NC(=O)CCNC(=O)c1ccc(Cl)cc1)c1ccc2c(c1)OCCO2. The summed E-state index contributed by atoms with van der Waals surface area (Å²) in [4.78, 5) is 24.6. The molecule has 0 radical (unpaired) electrons. The van der Waals surface area contributed by atoms with E-state index in [1.807, 2.05) is 32.0 Å². The van der Waals surface area contributed by atoms with Gasteiger partial charge in [0.25, 0.3) is 5.91 Å². The standard InChI is InChI=1S/C22H25ClN2O4/c1-14(2)21(16-5-8-18-19(13-16)29-12-11-28-18)25-20(26)9-10-24-22(27)15-3-6-17(23)7-4-15/h3-8,13-14,21H,9-12H2,1-2H3,(H,24,27)(H,25,26)/t21-/m0/s1. The van der Waals surface area contributed by atoms with E-state index in [0.29, 0.717) is 29.5 Å². The van der Waals surface area contributed by atoms with Crippen LogP contribution in [0.25, 0.3) is 0 Å². The van der Waals surface area contributed by atoms with E-state index in [1.165, 1.54) is 0 Å². The molecule has 1 aliphatic heterocycles. The molecule has 0 bridgehead atoms. The monoisotopic (exact) mass is 416 g/mol. The van der Waals surface area contributed by atoms with Crippen molar-refractivity contribution in [3.63, 3.8) is 0 Å². The summed E-state index contributed by atoms with van der Waals surface area (Å²) in [7, 11) is 0. The Bertz CT molecular complexity index is 868. The van der Waals surface area contributed by atoms with Gasteiger partial charge in [-0.2, -0.15) is 0 Å². The van der Waals surface area contributed by atoms with Crippen LogP contribution in [-0.2, 0) is 4.79 Å². The maximum Gasteiger partial charge on any atom is 0.251 e. The van der Waals surface area contributed by atoms with Gasteiger partial charge in [-0.1, -0.05) is 31.5 Å². The lowest BCUT2D eigenvalue weighted by Crippen LogP contribution is -2.35. The molecule has 1 heterocycles. The van der Waals surface area contributed by atoms with Gasteiger partial charge in [0.2, 0.25) is 5.91 Å². The fourth-order valence-corrected chi connectivity index (χ4v) is 3.25. The van der Waals surface area contributed by atoms with Crippen LogP contribution >= 0.6 is 11.6 Å². The van der Waals surface area contributed by atoms with Gasteiger partial charge in [-0.05, 0) is 47.9 Å². The van der Waals surface area contributed by atoms with Crippen molar-refractivity contribution in [2.24, 2.45) is 5.92 Å². The second kappa shape index (κ2) is 9.65. The minimum atomic E-state index is -0.235. The van der Waals surface area contributed by atoms with E-state index in [0.717, 1.165) is 11.3 Å². The van der Waals surface area contributed by atoms with Crippen LogP contribution in [0.15, 0.2) is 42.5 Å². The van der Waals surface area contributed by atoms with Crippen LogP contribution in [0, 0.1) is 5.92 Å². The molecule has 1 aliphatic rings. The topological polar surface area (TPSA) is 76.7 Å². The molecule has 0 aliphatic carbocycles. The molecule has 2 N–H and O–H groups in total. The fraction of sp³-hybridized carbons (Fsp3) is 0.364. The summed E-state index contributed by atoms with van der Waals surface area (Å²) in [6.45, 7) is 5.40. The molecule has 2 aromatic rings. The van der Waals surface area contributed by atoms with E-state index in [9.17, 15) is 9.59 Å². The smallest absolute Gasteiger partial charge is 0.251 e. The first-order valence-corrected chi connectivity index (χ1v) is 10.0. The summed E-state index contributed by atoms with van der Waals surface area (Å²) in [6.07, 6.45) is 0.188. The highest BCUT2D eigenvalue weighted by molar-refractivity contribution is 6.30. The van der Waals surface area contributed by atoms with Crippen LogP contribution < -0.4 is 20.1 Å². The number of halogens is 1. The zero-order valence-electron chi connectivity index (χ0n) is 16.5. The zero-order chi connectivity index (χ0) is 20.8. The fourth-order valence-electron chi connectivity index (χ4n) is 3.13. The first kappa shape index (κ1) is 21.0. The van der Waals surface area contributed by atoms with Gasteiger partial charge in [0.15, 0.2) is 11.5 Å². The van der Waals surface area contributed by atoms with Crippen molar-refractivity contribution in [3.8, 4) is 11.5 Å². The van der Waals surface area contributed by atoms with Crippen LogP contribution in [0.3, 0.4) is 0 Å². The number of ether oxygens (including phenoxy) is 2. The third-order valence-electron chi connectivity index (χ3n) is 4.65. The van der Waals surface area contributed by atoms with Crippen LogP contribution in [0.1, 0.15) is 42.2 Å². The molecule has 0 saturated carbocycles. The normalized spacial score (nSPS) is 13.7. The van der Waals surface area contributed by atoms with Crippen molar-refractivity contribution >= 4 is 23.4 Å². The summed E-state index contributed by atoms with van der Waals surface area (Å²) in [5.74, 6) is 1.24. The van der Waals surface area contributed by atoms with Crippen LogP contribution in [0.4, 0.5) is 0 Å². The van der Waals surface area contributed by atoms with E-state index >= 15 is 0 Å². The summed E-state index contributed by atoms with van der Waals surface area (Å²) >= 11 is 5.83. The Kier molecular flexibility index (Phi) is 6.99. The quantitative estimate of drug-likeness (QED) is 0.720. The summed E-state index contributed by atoms with van der Waals surface area (Å²) < 4.78 is 11.2. The number of hydrogen-bond acceptors (Lipinski definition) is 4. The van der Waals surface area contributed by atoms with Crippen molar-refractivity contribution < 1.29 is 19.1 Å². The molecule has 29 heavy (non-hydrogen) atoms. The number of carbonyl (C=O) groups excluding carboxylic acids is 2. The van der Waals surface area contributed by atoms with Gasteiger partial charge in [-0.15, -0.1) is 0 Å². The number of hydrogen-bond donors (Lipinski definition) is 2. The summed E-state index contributed by atoms with van der Waals surface area (Å²) in [5, 5.41) is 6.38. The minimum Gasteiger partial charge on any atom is -0.486 e. The lowest BCUT2D eigenvalue weighted by molar-refractivity contribution is -0.122. The highest BCUT2D eigenvalue weighted by Crippen LogP contribution is 2.34. The van der Waals surface area contributed by atoms with E-state index in [1.54, 1.807) is 24.3 Å². The zero-order valence-corrected chi connectivity index (χ0v) is 17.3. The van der Waals surface area contributed by atoms with E-state index in [2.05, 4.69) is 10.6 Å². The summed E-state index contributed by atoms with van der Waals surface area (Å²) in [6, 6.07) is 12.2. The van der Waals surface area contributed by atoms with Gasteiger partial charge < -0.3 is 20.1 Å². The molecule has 7 heteroatoms. The van der Waals surface area contributed by atoms with Gasteiger partial charge in [0.05, 0.1) is 6.04 Å². The number of fused-ring (bicyclic) bond motifs is 1. The van der Waals surface area contributed by atoms with Crippen molar-refractivity contribution in [3.05, 3.63) is 58.6 Å². The Morgan fingerprint density at radius 3 is 2.41 bits per heavy atom. The maximum atomic E-state index is 12.4. The molecule has 0 fully saturated rings.